The minimum absolute atomic E-state index is 0.159. The summed E-state index contributed by atoms with van der Waals surface area (Å²) < 4.78 is 7.12. The summed E-state index contributed by atoms with van der Waals surface area (Å²) in [6.07, 6.45) is 1.28. The van der Waals surface area contributed by atoms with E-state index in [1.54, 1.807) is 7.11 Å². The number of anilines is 1. The quantitative estimate of drug-likeness (QED) is 0.737. The second-order valence-corrected chi connectivity index (χ2v) is 7.56. The van der Waals surface area contributed by atoms with E-state index >= 15 is 0 Å². The number of rotatable bonds is 3. The van der Waals surface area contributed by atoms with Crippen LogP contribution in [0.3, 0.4) is 0 Å². The molecule has 3 aromatic rings. The van der Waals surface area contributed by atoms with Crippen molar-refractivity contribution in [3.8, 4) is 5.75 Å². The van der Waals surface area contributed by atoms with Gasteiger partial charge in [0.05, 0.1) is 7.11 Å². The van der Waals surface area contributed by atoms with E-state index in [9.17, 15) is 4.79 Å². The number of fused-ring (bicyclic) bond motifs is 1. The smallest absolute Gasteiger partial charge is 0.226 e. The summed E-state index contributed by atoms with van der Waals surface area (Å²) in [5.41, 5.74) is 3.94. The molecule has 2 heterocycles. The second-order valence-electron chi connectivity index (χ2n) is 7.56. The number of hydrogen-bond acceptors (Lipinski definition) is 5. The summed E-state index contributed by atoms with van der Waals surface area (Å²) in [7, 11) is 1.65. The standard InChI is InChI=1S/C23H22N4O2/c1-14-24-23-25-19-12-17(15-6-4-3-5-7-15)13-20(28)21(19)22(27(23)26-14)16-8-10-18(29-2)11-9-16/h3-11,17,22H,12-13H2,1-2H3,(H,24,25,26)/t17-,22-/m0/s1. The van der Waals surface area contributed by atoms with E-state index in [0.29, 0.717) is 18.2 Å². The SMILES string of the molecule is COc1ccc([C@H]2C3=C(C[C@H](c4ccccc4)CC3=O)Nc3nc(C)nn32)cc1. The first-order chi connectivity index (χ1) is 14.1. The fourth-order valence-electron chi connectivity index (χ4n) is 4.37. The molecular formula is C23H22N4O2. The molecule has 0 fully saturated rings. The first-order valence-electron chi connectivity index (χ1n) is 9.79. The van der Waals surface area contributed by atoms with E-state index in [1.165, 1.54) is 5.56 Å². The Morgan fingerprint density at radius 3 is 2.52 bits per heavy atom. The van der Waals surface area contributed by atoms with Crippen LogP contribution in [0.2, 0.25) is 0 Å². The normalized spacial score (nSPS) is 20.7. The van der Waals surface area contributed by atoms with Crippen molar-refractivity contribution in [1.29, 1.82) is 0 Å². The van der Waals surface area contributed by atoms with Crippen LogP contribution in [0.5, 0.6) is 5.75 Å². The Labute approximate surface area is 169 Å². The van der Waals surface area contributed by atoms with Crippen molar-refractivity contribution in [3.63, 3.8) is 0 Å². The highest BCUT2D eigenvalue weighted by Crippen LogP contribution is 2.44. The number of Topliss-reactive ketones (excluding diaryl/α,β-unsaturated/α-hetero) is 1. The lowest BCUT2D eigenvalue weighted by Gasteiger charge is -2.35. The van der Waals surface area contributed by atoms with Crippen LogP contribution in [0.1, 0.15) is 41.8 Å². The summed E-state index contributed by atoms with van der Waals surface area (Å²) in [5.74, 6) is 2.47. The van der Waals surface area contributed by atoms with Gasteiger partial charge in [-0.3, -0.25) is 4.79 Å². The fourth-order valence-corrected chi connectivity index (χ4v) is 4.37. The summed E-state index contributed by atoms with van der Waals surface area (Å²) >= 11 is 0. The van der Waals surface area contributed by atoms with Gasteiger partial charge in [-0.2, -0.15) is 10.1 Å². The Morgan fingerprint density at radius 1 is 1.03 bits per heavy atom. The van der Waals surface area contributed by atoms with E-state index in [4.69, 9.17) is 4.74 Å². The molecule has 6 nitrogen and oxygen atoms in total. The first-order valence-corrected chi connectivity index (χ1v) is 9.79. The molecule has 2 aromatic carbocycles. The zero-order chi connectivity index (χ0) is 20.0. The van der Waals surface area contributed by atoms with Gasteiger partial charge in [0.15, 0.2) is 5.78 Å². The summed E-state index contributed by atoms with van der Waals surface area (Å²) in [6, 6.07) is 17.8. The van der Waals surface area contributed by atoms with Crippen molar-refractivity contribution < 1.29 is 9.53 Å². The van der Waals surface area contributed by atoms with Crippen LogP contribution >= 0.6 is 0 Å². The van der Waals surface area contributed by atoms with E-state index < -0.39 is 0 Å². The molecule has 0 unspecified atom stereocenters. The van der Waals surface area contributed by atoms with Gasteiger partial charge in [0.1, 0.15) is 17.6 Å². The van der Waals surface area contributed by atoms with Crippen LogP contribution in [0, 0.1) is 6.92 Å². The Balaban J connectivity index is 1.60. The molecule has 0 spiro atoms. The molecule has 2 atom stereocenters. The van der Waals surface area contributed by atoms with Crippen LogP contribution in [0.25, 0.3) is 0 Å². The maximum Gasteiger partial charge on any atom is 0.226 e. The summed E-state index contributed by atoms with van der Waals surface area (Å²) in [4.78, 5) is 17.9. The molecule has 5 rings (SSSR count). The second kappa shape index (κ2) is 6.88. The van der Waals surface area contributed by atoms with Crippen LogP contribution in [-0.4, -0.2) is 27.7 Å². The molecule has 29 heavy (non-hydrogen) atoms. The number of ether oxygens (including phenoxy) is 1. The highest BCUT2D eigenvalue weighted by molar-refractivity contribution is 6.00. The lowest BCUT2D eigenvalue weighted by atomic mass is 9.78. The molecule has 0 saturated carbocycles. The minimum atomic E-state index is -0.280. The van der Waals surface area contributed by atoms with Crippen molar-refractivity contribution in [2.75, 3.05) is 12.4 Å². The Morgan fingerprint density at radius 2 is 1.79 bits per heavy atom. The number of aryl methyl sites for hydroxylation is 1. The first kappa shape index (κ1) is 17.7. The zero-order valence-electron chi connectivity index (χ0n) is 16.4. The van der Waals surface area contributed by atoms with Gasteiger partial charge in [0.2, 0.25) is 5.95 Å². The number of ketones is 1. The van der Waals surface area contributed by atoms with E-state index in [-0.39, 0.29) is 17.7 Å². The van der Waals surface area contributed by atoms with Crippen LogP contribution < -0.4 is 10.1 Å². The average molecular weight is 386 g/mol. The molecule has 0 amide bonds. The molecule has 1 aliphatic heterocycles. The van der Waals surface area contributed by atoms with Gasteiger partial charge in [-0.05, 0) is 42.5 Å². The molecule has 1 aliphatic carbocycles. The van der Waals surface area contributed by atoms with Crippen LogP contribution in [0.4, 0.5) is 5.95 Å². The predicted octanol–water partition coefficient (Wildman–Crippen LogP) is 4.01. The topological polar surface area (TPSA) is 69.0 Å². The maximum atomic E-state index is 13.4. The molecule has 1 N–H and O–H groups in total. The van der Waals surface area contributed by atoms with Gasteiger partial charge in [-0.25, -0.2) is 4.68 Å². The number of nitrogens with zero attached hydrogens (tertiary/aromatic N) is 3. The number of methoxy groups -OCH3 is 1. The molecule has 6 heteroatoms. The van der Waals surface area contributed by atoms with Crippen molar-refractivity contribution >= 4 is 11.7 Å². The van der Waals surface area contributed by atoms with Gasteiger partial charge >= 0.3 is 0 Å². The molecule has 1 aromatic heterocycles. The summed E-state index contributed by atoms with van der Waals surface area (Å²) in [6.45, 7) is 1.87. The highest BCUT2D eigenvalue weighted by atomic mass is 16.5. The average Bonchev–Trinajstić information content (AvgIpc) is 3.12. The molecule has 0 radical (unpaired) electrons. The van der Waals surface area contributed by atoms with Crippen molar-refractivity contribution in [2.45, 2.75) is 31.7 Å². The molecule has 2 aliphatic rings. The van der Waals surface area contributed by atoms with Gasteiger partial charge in [0, 0.05) is 17.7 Å². The fraction of sp³-hybridized carbons (Fsp3) is 0.261. The van der Waals surface area contributed by atoms with E-state index in [1.807, 2.05) is 54.1 Å². The van der Waals surface area contributed by atoms with Crippen molar-refractivity contribution in [2.24, 2.45) is 0 Å². The minimum Gasteiger partial charge on any atom is -0.497 e. The number of nitrogens with one attached hydrogen (secondary N) is 1. The number of carbonyl (C=O) groups excluding carboxylic acids is 1. The molecule has 0 saturated heterocycles. The third-order valence-electron chi connectivity index (χ3n) is 5.73. The lowest BCUT2D eigenvalue weighted by Crippen LogP contribution is -2.33. The van der Waals surface area contributed by atoms with Gasteiger partial charge in [0.25, 0.3) is 0 Å². The number of benzene rings is 2. The lowest BCUT2D eigenvalue weighted by molar-refractivity contribution is -0.116. The Bertz CT molecular complexity index is 1100. The third kappa shape index (κ3) is 3.01. The number of carbonyl (C=O) groups is 1. The monoisotopic (exact) mass is 386 g/mol. The largest absolute Gasteiger partial charge is 0.497 e. The van der Waals surface area contributed by atoms with Gasteiger partial charge in [-0.15, -0.1) is 0 Å². The zero-order valence-corrected chi connectivity index (χ0v) is 16.4. The molecule has 146 valence electrons. The molecule has 0 bridgehead atoms. The highest BCUT2D eigenvalue weighted by Gasteiger charge is 2.39. The Hall–Kier alpha value is -3.41. The van der Waals surface area contributed by atoms with Crippen LogP contribution in [-0.2, 0) is 4.79 Å². The van der Waals surface area contributed by atoms with E-state index in [2.05, 4.69) is 27.5 Å². The number of aromatic nitrogens is 3. The predicted molar refractivity (Wildman–Crippen MR) is 110 cm³/mol. The number of hydrogen-bond donors (Lipinski definition) is 1. The van der Waals surface area contributed by atoms with Gasteiger partial charge in [-0.1, -0.05) is 42.5 Å². The molecular weight excluding hydrogens is 364 g/mol. The van der Waals surface area contributed by atoms with Crippen LogP contribution in [0.15, 0.2) is 65.9 Å². The van der Waals surface area contributed by atoms with Crippen molar-refractivity contribution in [1.82, 2.24) is 14.8 Å². The Kier molecular flexibility index (Phi) is 4.19. The number of allylic oxidation sites excluding steroid dienone is 2. The third-order valence-corrected chi connectivity index (χ3v) is 5.73. The summed E-state index contributed by atoms with van der Waals surface area (Å²) in [5, 5.41) is 7.98. The van der Waals surface area contributed by atoms with Crippen molar-refractivity contribution in [3.05, 3.63) is 82.8 Å². The van der Waals surface area contributed by atoms with E-state index in [0.717, 1.165) is 29.0 Å². The van der Waals surface area contributed by atoms with Gasteiger partial charge < -0.3 is 10.1 Å². The maximum absolute atomic E-state index is 13.4.